The first-order valence-electron chi connectivity index (χ1n) is 7.64. The van der Waals surface area contributed by atoms with Crippen molar-refractivity contribution in [1.29, 1.82) is 0 Å². The van der Waals surface area contributed by atoms with Crippen molar-refractivity contribution in [3.05, 3.63) is 23.9 Å². The molecule has 1 aliphatic heterocycles. The predicted octanol–water partition coefficient (Wildman–Crippen LogP) is 3.16. The number of piperidine rings is 1. The maximum Gasteiger partial charge on any atom is 0.254 e. The largest absolute Gasteiger partial charge is 0.370 e. The molecule has 4 nitrogen and oxygen atoms in total. The highest BCUT2D eigenvalue weighted by Crippen LogP contribution is 2.24. The van der Waals surface area contributed by atoms with Gasteiger partial charge < -0.3 is 10.2 Å². The Balaban J connectivity index is 2.12. The summed E-state index contributed by atoms with van der Waals surface area (Å²) in [6.45, 7) is 8.23. The van der Waals surface area contributed by atoms with Crippen molar-refractivity contribution in [1.82, 2.24) is 9.88 Å². The molecule has 1 saturated heterocycles. The fourth-order valence-corrected chi connectivity index (χ4v) is 2.70. The van der Waals surface area contributed by atoms with Gasteiger partial charge in [0, 0.05) is 30.9 Å². The highest BCUT2D eigenvalue weighted by molar-refractivity contribution is 5.95. The van der Waals surface area contributed by atoms with E-state index in [1.807, 2.05) is 17.0 Å². The van der Waals surface area contributed by atoms with Crippen LogP contribution in [0.5, 0.6) is 0 Å². The molecule has 1 N–H and O–H groups in total. The van der Waals surface area contributed by atoms with E-state index < -0.39 is 0 Å². The van der Waals surface area contributed by atoms with Crippen molar-refractivity contribution < 1.29 is 4.79 Å². The van der Waals surface area contributed by atoms with Crippen molar-refractivity contribution in [2.45, 2.75) is 46.1 Å². The maximum atomic E-state index is 12.7. The summed E-state index contributed by atoms with van der Waals surface area (Å²) in [6, 6.07) is 3.99. The van der Waals surface area contributed by atoms with Gasteiger partial charge in [0.2, 0.25) is 0 Å². The van der Waals surface area contributed by atoms with Crippen molar-refractivity contribution in [2.75, 3.05) is 18.4 Å². The molecule has 0 radical (unpaired) electrons. The number of hydrogen-bond acceptors (Lipinski definition) is 3. The topological polar surface area (TPSA) is 45.2 Å². The molecule has 1 aromatic heterocycles. The molecule has 2 heterocycles. The van der Waals surface area contributed by atoms with Gasteiger partial charge in [-0.2, -0.15) is 0 Å². The van der Waals surface area contributed by atoms with Crippen LogP contribution in [0.4, 0.5) is 5.82 Å². The zero-order chi connectivity index (χ0) is 14.5. The molecule has 2 atom stereocenters. The van der Waals surface area contributed by atoms with E-state index in [4.69, 9.17) is 0 Å². The van der Waals surface area contributed by atoms with Crippen molar-refractivity contribution in [3.63, 3.8) is 0 Å². The Morgan fingerprint density at radius 1 is 1.50 bits per heavy atom. The zero-order valence-electron chi connectivity index (χ0n) is 12.7. The normalized spacial score (nSPS) is 22.6. The van der Waals surface area contributed by atoms with E-state index >= 15 is 0 Å². The van der Waals surface area contributed by atoms with Crippen LogP contribution in [0.3, 0.4) is 0 Å². The summed E-state index contributed by atoms with van der Waals surface area (Å²) < 4.78 is 0. The lowest BCUT2D eigenvalue weighted by Gasteiger charge is -2.38. The Hall–Kier alpha value is -1.58. The summed E-state index contributed by atoms with van der Waals surface area (Å²) in [5.74, 6) is 1.49. The van der Waals surface area contributed by atoms with Crippen molar-refractivity contribution in [2.24, 2.45) is 5.92 Å². The predicted molar refractivity (Wildman–Crippen MR) is 81.9 cm³/mol. The minimum absolute atomic E-state index is 0.131. The highest BCUT2D eigenvalue weighted by Gasteiger charge is 2.29. The number of likely N-dealkylation sites (tertiary alicyclic amines) is 1. The number of nitrogens with one attached hydrogen (secondary N) is 1. The number of rotatable bonds is 4. The summed E-state index contributed by atoms with van der Waals surface area (Å²) in [5, 5.41) is 3.23. The second-order valence-electron chi connectivity index (χ2n) is 5.72. The second kappa shape index (κ2) is 6.73. The lowest BCUT2D eigenvalue weighted by Crippen LogP contribution is -2.46. The molecule has 20 heavy (non-hydrogen) atoms. The highest BCUT2D eigenvalue weighted by atomic mass is 16.2. The molecule has 2 rings (SSSR count). The fourth-order valence-electron chi connectivity index (χ4n) is 2.70. The number of anilines is 1. The molecule has 0 saturated carbocycles. The smallest absolute Gasteiger partial charge is 0.254 e. The number of carbonyl (C=O) groups excluding carboxylic acids is 1. The third-order valence-electron chi connectivity index (χ3n) is 4.20. The first-order chi connectivity index (χ1) is 9.63. The Morgan fingerprint density at radius 2 is 2.30 bits per heavy atom. The molecule has 0 aromatic carbocycles. The third kappa shape index (κ3) is 3.30. The summed E-state index contributed by atoms with van der Waals surface area (Å²) >= 11 is 0. The number of pyridine rings is 1. The second-order valence-corrected chi connectivity index (χ2v) is 5.72. The minimum atomic E-state index is 0.131. The Kier molecular flexibility index (Phi) is 4.99. The average molecular weight is 275 g/mol. The summed E-state index contributed by atoms with van der Waals surface area (Å²) in [7, 11) is 0. The number of amides is 1. The first-order valence-corrected chi connectivity index (χ1v) is 7.64. The lowest BCUT2D eigenvalue weighted by molar-refractivity contribution is 0.0551. The summed E-state index contributed by atoms with van der Waals surface area (Å²) in [6.07, 6.45) is 5.07. The molecule has 110 valence electrons. The van der Waals surface area contributed by atoms with Gasteiger partial charge in [-0.05, 0) is 44.2 Å². The van der Waals surface area contributed by atoms with Gasteiger partial charge in [-0.25, -0.2) is 4.98 Å². The number of nitrogens with zero attached hydrogens (tertiary/aromatic N) is 2. The SMILES string of the molecule is CCCNc1cc(C(=O)N2CCCC(C)C2C)ccn1. The Labute approximate surface area is 121 Å². The van der Waals surface area contributed by atoms with E-state index in [2.05, 4.69) is 31.1 Å². The number of carbonyl (C=O) groups is 1. The van der Waals surface area contributed by atoms with E-state index in [-0.39, 0.29) is 5.91 Å². The molecular formula is C16H25N3O. The van der Waals surface area contributed by atoms with E-state index in [1.54, 1.807) is 6.20 Å². The van der Waals surface area contributed by atoms with Gasteiger partial charge >= 0.3 is 0 Å². The molecular weight excluding hydrogens is 250 g/mol. The van der Waals surface area contributed by atoms with Crippen LogP contribution >= 0.6 is 0 Å². The van der Waals surface area contributed by atoms with Crippen molar-refractivity contribution >= 4 is 11.7 Å². The molecule has 1 aliphatic rings. The van der Waals surface area contributed by atoms with Gasteiger partial charge in [0.15, 0.2) is 0 Å². The lowest BCUT2D eigenvalue weighted by atomic mass is 9.91. The van der Waals surface area contributed by atoms with Crippen LogP contribution in [0.2, 0.25) is 0 Å². The zero-order valence-corrected chi connectivity index (χ0v) is 12.7. The molecule has 1 amide bonds. The van der Waals surface area contributed by atoms with Gasteiger partial charge in [-0.1, -0.05) is 13.8 Å². The van der Waals surface area contributed by atoms with Gasteiger partial charge in [0.05, 0.1) is 0 Å². The Morgan fingerprint density at radius 3 is 3.05 bits per heavy atom. The van der Waals surface area contributed by atoms with Gasteiger partial charge in [0.1, 0.15) is 5.82 Å². The van der Waals surface area contributed by atoms with Gasteiger partial charge in [0.25, 0.3) is 5.91 Å². The molecule has 1 fully saturated rings. The van der Waals surface area contributed by atoms with Crippen LogP contribution in [-0.2, 0) is 0 Å². The molecule has 0 aliphatic carbocycles. The number of hydrogen-bond donors (Lipinski definition) is 1. The Bertz CT molecular complexity index is 461. The van der Waals surface area contributed by atoms with Gasteiger partial charge in [-0.3, -0.25) is 4.79 Å². The fraction of sp³-hybridized carbons (Fsp3) is 0.625. The minimum Gasteiger partial charge on any atom is -0.370 e. The monoisotopic (exact) mass is 275 g/mol. The molecule has 4 heteroatoms. The molecule has 1 aromatic rings. The van der Waals surface area contributed by atoms with E-state index in [0.29, 0.717) is 12.0 Å². The van der Waals surface area contributed by atoms with Crippen LogP contribution in [0, 0.1) is 5.92 Å². The van der Waals surface area contributed by atoms with Crippen LogP contribution in [0.25, 0.3) is 0 Å². The molecule has 0 spiro atoms. The first kappa shape index (κ1) is 14.8. The summed E-state index contributed by atoms with van der Waals surface area (Å²) in [5.41, 5.74) is 0.736. The van der Waals surface area contributed by atoms with E-state index in [1.165, 1.54) is 6.42 Å². The maximum absolute atomic E-state index is 12.7. The van der Waals surface area contributed by atoms with Crippen LogP contribution in [0.15, 0.2) is 18.3 Å². The van der Waals surface area contributed by atoms with E-state index in [0.717, 1.165) is 37.3 Å². The van der Waals surface area contributed by atoms with Crippen LogP contribution < -0.4 is 5.32 Å². The quantitative estimate of drug-likeness (QED) is 0.918. The molecule has 0 bridgehead atoms. The van der Waals surface area contributed by atoms with Crippen molar-refractivity contribution in [3.8, 4) is 0 Å². The van der Waals surface area contributed by atoms with E-state index in [9.17, 15) is 4.79 Å². The average Bonchev–Trinajstić information content (AvgIpc) is 2.47. The summed E-state index contributed by atoms with van der Waals surface area (Å²) in [4.78, 5) is 18.9. The number of aromatic nitrogens is 1. The van der Waals surface area contributed by atoms with Crippen LogP contribution in [0.1, 0.15) is 50.4 Å². The third-order valence-corrected chi connectivity index (χ3v) is 4.20. The molecule has 2 unspecified atom stereocenters. The van der Waals surface area contributed by atoms with Crippen LogP contribution in [-0.4, -0.2) is 34.9 Å². The standard InChI is InChI=1S/C16H25N3O/c1-4-8-17-15-11-14(7-9-18-15)16(20)19-10-5-6-12(2)13(19)3/h7,9,11-13H,4-6,8,10H2,1-3H3,(H,17,18). The van der Waals surface area contributed by atoms with Gasteiger partial charge in [-0.15, -0.1) is 0 Å².